The monoisotopic (exact) mass is 280 g/mol. The molecule has 0 spiro atoms. The number of nitrogens with two attached hydrogens (primary N) is 1. The van der Waals surface area contributed by atoms with Gasteiger partial charge in [0.05, 0.1) is 6.04 Å². The van der Waals surface area contributed by atoms with Crippen LogP contribution in [-0.2, 0) is 0 Å². The number of nitrogens with zero attached hydrogens (tertiary/aromatic N) is 1. The molecule has 0 amide bonds. The lowest BCUT2D eigenvalue weighted by molar-refractivity contribution is 0.0694. The second-order valence-corrected chi connectivity index (χ2v) is 7.05. The fraction of sp³-hybridized carbons (Fsp3) is 0.750. The van der Waals surface area contributed by atoms with E-state index in [-0.39, 0.29) is 6.04 Å². The standard InChI is InChI=1S/C16H28N2S/c1-4-14(17)15(13-6-11-19-12-13)18-9-7-16(3,5-2)8-10-18/h6,11-12,14-15H,4-5,7-10,17H2,1-3H3. The van der Waals surface area contributed by atoms with Crippen LogP contribution in [0.5, 0.6) is 0 Å². The van der Waals surface area contributed by atoms with E-state index in [1.807, 2.05) is 0 Å². The molecule has 0 aliphatic carbocycles. The number of piperidine rings is 1. The van der Waals surface area contributed by atoms with Crippen LogP contribution in [0.25, 0.3) is 0 Å². The van der Waals surface area contributed by atoms with E-state index in [4.69, 9.17) is 5.73 Å². The third-order valence-corrected chi connectivity index (χ3v) is 5.72. The van der Waals surface area contributed by atoms with E-state index in [2.05, 4.69) is 42.5 Å². The molecule has 1 saturated heterocycles. The normalized spacial score (nSPS) is 23.2. The van der Waals surface area contributed by atoms with Crippen LogP contribution in [0.1, 0.15) is 58.1 Å². The summed E-state index contributed by atoms with van der Waals surface area (Å²) in [5.74, 6) is 0. The van der Waals surface area contributed by atoms with E-state index in [1.165, 1.54) is 37.9 Å². The molecule has 0 aromatic carbocycles. The number of rotatable bonds is 5. The Hall–Kier alpha value is -0.380. The highest BCUT2D eigenvalue weighted by Crippen LogP contribution is 2.38. The largest absolute Gasteiger partial charge is 0.326 e. The maximum absolute atomic E-state index is 6.40. The molecular formula is C16H28N2S. The van der Waals surface area contributed by atoms with E-state index >= 15 is 0 Å². The molecule has 1 aromatic heterocycles. The van der Waals surface area contributed by atoms with Crippen LogP contribution in [0.15, 0.2) is 16.8 Å². The molecule has 0 saturated carbocycles. The van der Waals surface area contributed by atoms with Gasteiger partial charge in [0.25, 0.3) is 0 Å². The van der Waals surface area contributed by atoms with E-state index < -0.39 is 0 Å². The predicted molar refractivity (Wildman–Crippen MR) is 84.5 cm³/mol. The second-order valence-electron chi connectivity index (χ2n) is 6.27. The van der Waals surface area contributed by atoms with Gasteiger partial charge in [-0.3, -0.25) is 4.90 Å². The third kappa shape index (κ3) is 3.39. The maximum Gasteiger partial charge on any atom is 0.0507 e. The lowest BCUT2D eigenvalue weighted by Crippen LogP contribution is -2.46. The number of hydrogen-bond donors (Lipinski definition) is 1. The smallest absolute Gasteiger partial charge is 0.0507 e. The maximum atomic E-state index is 6.40. The Kier molecular flexibility index (Phi) is 5.04. The first-order valence-corrected chi connectivity index (χ1v) is 8.55. The molecule has 2 N–H and O–H groups in total. The van der Waals surface area contributed by atoms with Gasteiger partial charge in [-0.1, -0.05) is 27.2 Å². The Balaban J connectivity index is 2.09. The van der Waals surface area contributed by atoms with Crippen LogP contribution >= 0.6 is 11.3 Å². The highest BCUT2D eigenvalue weighted by Gasteiger charge is 2.33. The van der Waals surface area contributed by atoms with Gasteiger partial charge in [-0.05, 0) is 60.2 Å². The summed E-state index contributed by atoms with van der Waals surface area (Å²) in [6, 6.07) is 2.91. The van der Waals surface area contributed by atoms with Gasteiger partial charge in [0.2, 0.25) is 0 Å². The summed E-state index contributed by atoms with van der Waals surface area (Å²) < 4.78 is 0. The fourth-order valence-corrected chi connectivity index (χ4v) is 3.78. The van der Waals surface area contributed by atoms with Gasteiger partial charge in [-0.15, -0.1) is 0 Å². The van der Waals surface area contributed by atoms with E-state index in [0.29, 0.717) is 11.5 Å². The van der Waals surface area contributed by atoms with Crippen LogP contribution in [0, 0.1) is 5.41 Å². The number of likely N-dealkylation sites (tertiary alicyclic amines) is 1. The fourth-order valence-electron chi connectivity index (χ4n) is 3.09. The highest BCUT2D eigenvalue weighted by molar-refractivity contribution is 7.07. The second kappa shape index (κ2) is 6.38. The van der Waals surface area contributed by atoms with Crippen molar-refractivity contribution < 1.29 is 0 Å². The molecule has 1 aliphatic rings. The van der Waals surface area contributed by atoms with Gasteiger partial charge in [0.15, 0.2) is 0 Å². The summed E-state index contributed by atoms with van der Waals surface area (Å²) in [5.41, 5.74) is 8.37. The number of hydrogen-bond acceptors (Lipinski definition) is 3. The van der Waals surface area contributed by atoms with E-state index in [9.17, 15) is 0 Å². The van der Waals surface area contributed by atoms with Crippen molar-refractivity contribution in [2.24, 2.45) is 11.1 Å². The summed E-state index contributed by atoms with van der Waals surface area (Å²) in [6.45, 7) is 9.34. The molecule has 3 heteroatoms. The first kappa shape index (κ1) is 15.0. The van der Waals surface area contributed by atoms with Gasteiger partial charge >= 0.3 is 0 Å². The van der Waals surface area contributed by atoms with Crippen molar-refractivity contribution in [2.75, 3.05) is 13.1 Å². The zero-order valence-electron chi connectivity index (χ0n) is 12.6. The molecule has 108 valence electrons. The van der Waals surface area contributed by atoms with Gasteiger partial charge in [0, 0.05) is 6.04 Å². The summed E-state index contributed by atoms with van der Waals surface area (Å²) >= 11 is 1.78. The zero-order valence-corrected chi connectivity index (χ0v) is 13.4. The van der Waals surface area contributed by atoms with Crippen LogP contribution in [0.2, 0.25) is 0 Å². The molecule has 19 heavy (non-hydrogen) atoms. The molecule has 2 rings (SSSR count). The van der Waals surface area contributed by atoms with Crippen molar-refractivity contribution in [3.8, 4) is 0 Å². The van der Waals surface area contributed by atoms with E-state index in [0.717, 1.165) is 6.42 Å². The summed E-state index contributed by atoms with van der Waals surface area (Å²) in [6.07, 6.45) is 4.95. The van der Waals surface area contributed by atoms with Crippen molar-refractivity contribution in [3.63, 3.8) is 0 Å². The Bertz CT molecular complexity index is 366. The average molecular weight is 280 g/mol. The quantitative estimate of drug-likeness (QED) is 0.882. The topological polar surface area (TPSA) is 29.3 Å². The molecule has 0 radical (unpaired) electrons. The van der Waals surface area contributed by atoms with Crippen molar-refractivity contribution in [1.82, 2.24) is 4.90 Å². The third-order valence-electron chi connectivity index (χ3n) is 5.01. The minimum atomic E-state index is 0.251. The first-order valence-electron chi connectivity index (χ1n) is 7.61. The molecule has 2 heterocycles. The Morgan fingerprint density at radius 2 is 2.05 bits per heavy atom. The molecule has 1 aromatic rings. The SMILES string of the molecule is CCC(N)C(c1ccsc1)N1CCC(C)(CC)CC1. The minimum absolute atomic E-state index is 0.251. The molecule has 2 unspecified atom stereocenters. The van der Waals surface area contributed by atoms with Gasteiger partial charge in [-0.2, -0.15) is 11.3 Å². The Labute approximate surface area is 122 Å². The van der Waals surface area contributed by atoms with Crippen molar-refractivity contribution in [3.05, 3.63) is 22.4 Å². The molecule has 2 nitrogen and oxygen atoms in total. The van der Waals surface area contributed by atoms with Crippen LogP contribution in [-0.4, -0.2) is 24.0 Å². The minimum Gasteiger partial charge on any atom is -0.326 e. The molecule has 0 bridgehead atoms. The molecule has 2 atom stereocenters. The Morgan fingerprint density at radius 1 is 1.37 bits per heavy atom. The van der Waals surface area contributed by atoms with Gasteiger partial charge in [-0.25, -0.2) is 0 Å². The van der Waals surface area contributed by atoms with Crippen LogP contribution in [0.3, 0.4) is 0 Å². The predicted octanol–water partition coefficient (Wildman–Crippen LogP) is 4.04. The van der Waals surface area contributed by atoms with Crippen molar-refractivity contribution in [2.45, 2.75) is 58.5 Å². The number of thiophene rings is 1. The molecule has 1 aliphatic heterocycles. The van der Waals surface area contributed by atoms with Crippen LogP contribution < -0.4 is 5.73 Å². The highest BCUT2D eigenvalue weighted by atomic mass is 32.1. The van der Waals surface area contributed by atoms with E-state index in [1.54, 1.807) is 11.3 Å². The lowest BCUT2D eigenvalue weighted by atomic mass is 9.77. The first-order chi connectivity index (χ1) is 9.09. The average Bonchev–Trinajstić information content (AvgIpc) is 2.95. The molecule has 1 fully saturated rings. The Morgan fingerprint density at radius 3 is 2.53 bits per heavy atom. The summed E-state index contributed by atoms with van der Waals surface area (Å²) in [7, 11) is 0. The van der Waals surface area contributed by atoms with Crippen molar-refractivity contribution >= 4 is 11.3 Å². The summed E-state index contributed by atoms with van der Waals surface area (Å²) in [5, 5.41) is 4.44. The van der Waals surface area contributed by atoms with Crippen LogP contribution in [0.4, 0.5) is 0 Å². The summed E-state index contributed by atoms with van der Waals surface area (Å²) in [4.78, 5) is 2.62. The van der Waals surface area contributed by atoms with Crippen molar-refractivity contribution in [1.29, 1.82) is 0 Å². The van der Waals surface area contributed by atoms with Gasteiger partial charge in [0.1, 0.15) is 0 Å². The lowest BCUT2D eigenvalue weighted by Gasteiger charge is -2.44. The van der Waals surface area contributed by atoms with Gasteiger partial charge < -0.3 is 5.73 Å². The molecular weight excluding hydrogens is 252 g/mol. The zero-order chi connectivity index (χ0) is 13.9.